The summed E-state index contributed by atoms with van der Waals surface area (Å²) in [5, 5.41) is 3.44. The van der Waals surface area contributed by atoms with E-state index >= 15 is 0 Å². The standard InChI is InChI=1S/C15H21FN2/c16-14-3-1-2-13(10-14)11-18-9-6-15(12-18)4-7-17-8-5-15/h1-3,10,17H,4-9,11-12H2. The fraction of sp³-hybridized carbons (Fsp3) is 0.600. The van der Waals surface area contributed by atoms with E-state index in [4.69, 9.17) is 0 Å². The van der Waals surface area contributed by atoms with Crippen LogP contribution in [0.5, 0.6) is 0 Å². The third-order valence-corrected chi connectivity index (χ3v) is 4.48. The number of nitrogens with zero attached hydrogens (tertiary/aromatic N) is 1. The number of likely N-dealkylation sites (tertiary alicyclic amines) is 1. The van der Waals surface area contributed by atoms with Crippen molar-refractivity contribution in [3.8, 4) is 0 Å². The van der Waals surface area contributed by atoms with Crippen molar-refractivity contribution < 1.29 is 4.39 Å². The van der Waals surface area contributed by atoms with Gasteiger partial charge in [-0.15, -0.1) is 0 Å². The molecule has 0 saturated carbocycles. The maximum absolute atomic E-state index is 13.2. The molecule has 2 fully saturated rings. The Kier molecular flexibility index (Phi) is 3.35. The lowest BCUT2D eigenvalue weighted by atomic mass is 9.78. The van der Waals surface area contributed by atoms with Crippen LogP contribution < -0.4 is 5.32 Å². The Morgan fingerprint density at radius 1 is 1.22 bits per heavy atom. The minimum Gasteiger partial charge on any atom is -0.317 e. The highest BCUT2D eigenvalue weighted by atomic mass is 19.1. The minimum absolute atomic E-state index is 0.122. The maximum Gasteiger partial charge on any atom is 0.123 e. The molecule has 0 bridgehead atoms. The Bertz CT molecular complexity index is 413. The predicted molar refractivity (Wildman–Crippen MR) is 70.8 cm³/mol. The SMILES string of the molecule is Fc1cccc(CN2CCC3(CCNCC3)C2)c1. The number of rotatable bonds is 2. The van der Waals surface area contributed by atoms with Crippen LogP contribution in [0.25, 0.3) is 0 Å². The molecule has 0 atom stereocenters. The zero-order chi connectivity index (χ0) is 12.4. The first-order valence-electron chi connectivity index (χ1n) is 6.93. The van der Waals surface area contributed by atoms with Gasteiger partial charge >= 0.3 is 0 Å². The number of halogens is 1. The summed E-state index contributed by atoms with van der Waals surface area (Å²) in [6, 6.07) is 7.01. The van der Waals surface area contributed by atoms with Crippen LogP contribution in [0.2, 0.25) is 0 Å². The van der Waals surface area contributed by atoms with Gasteiger partial charge in [-0.3, -0.25) is 4.90 Å². The second-order valence-corrected chi connectivity index (χ2v) is 5.84. The fourth-order valence-corrected chi connectivity index (χ4v) is 3.42. The molecule has 0 aliphatic carbocycles. The summed E-state index contributed by atoms with van der Waals surface area (Å²) in [7, 11) is 0. The van der Waals surface area contributed by atoms with E-state index in [0.717, 1.165) is 31.7 Å². The van der Waals surface area contributed by atoms with Crippen LogP contribution in [0, 0.1) is 11.2 Å². The van der Waals surface area contributed by atoms with Crippen LogP contribution >= 0.6 is 0 Å². The van der Waals surface area contributed by atoms with Gasteiger partial charge in [0.05, 0.1) is 0 Å². The average molecular weight is 248 g/mol. The highest BCUT2D eigenvalue weighted by Crippen LogP contribution is 2.38. The third-order valence-electron chi connectivity index (χ3n) is 4.48. The predicted octanol–water partition coefficient (Wildman–Crippen LogP) is 2.40. The van der Waals surface area contributed by atoms with Gasteiger partial charge in [-0.25, -0.2) is 4.39 Å². The molecular formula is C15H21FN2. The number of hydrogen-bond acceptors (Lipinski definition) is 2. The van der Waals surface area contributed by atoms with Crippen LogP contribution in [-0.4, -0.2) is 31.1 Å². The van der Waals surface area contributed by atoms with Crippen molar-refractivity contribution in [1.82, 2.24) is 10.2 Å². The van der Waals surface area contributed by atoms with E-state index in [1.54, 1.807) is 12.1 Å². The van der Waals surface area contributed by atoms with E-state index in [1.165, 1.54) is 31.9 Å². The van der Waals surface area contributed by atoms with Crippen molar-refractivity contribution in [3.05, 3.63) is 35.6 Å². The van der Waals surface area contributed by atoms with E-state index in [2.05, 4.69) is 10.2 Å². The Morgan fingerprint density at radius 2 is 2.06 bits per heavy atom. The van der Waals surface area contributed by atoms with Crippen molar-refractivity contribution in [2.24, 2.45) is 5.41 Å². The highest BCUT2D eigenvalue weighted by Gasteiger charge is 2.38. The van der Waals surface area contributed by atoms with Crippen molar-refractivity contribution in [3.63, 3.8) is 0 Å². The number of benzene rings is 1. The molecule has 18 heavy (non-hydrogen) atoms. The maximum atomic E-state index is 13.2. The zero-order valence-corrected chi connectivity index (χ0v) is 10.8. The van der Waals surface area contributed by atoms with Gasteiger partial charge in [0.1, 0.15) is 5.82 Å². The summed E-state index contributed by atoms with van der Waals surface area (Å²) in [6.07, 6.45) is 3.91. The number of nitrogens with one attached hydrogen (secondary N) is 1. The van der Waals surface area contributed by atoms with E-state index < -0.39 is 0 Å². The van der Waals surface area contributed by atoms with Gasteiger partial charge < -0.3 is 5.32 Å². The topological polar surface area (TPSA) is 15.3 Å². The lowest BCUT2D eigenvalue weighted by molar-refractivity contribution is 0.194. The Balaban J connectivity index is 1.62. The van der Waals surface area contributed by atoms with Crippen molar-refractivity contribution in [2.75, 3.05) is 26.2 Å². The Hall–Kier alpha value is -0.930. The van der Waals surface area contributed by atoms with Gasteiger partial charge in [0.2, 0.25) is 0 Å². The molecule has 2 aliphatic rings. The first-order valence-corrected chi connectivity index (χ1v) is 6.93. The van der Waals surface area contributed by atoms with Gasteiger partial charge in [0, 0.05) is 13.1 Å². The minimum atomic E-state index is -0.122. The van der Waals surface area contributed by atoms with E-state index in [-0.39, 0.29) is 5.82 Å². The second-order valence-electron chi connectivity index (χ2n) is 5.84. The van der Waals surface area contributed by atoms with Crippen molar-refractivity contribution in [1.29, 1.82) is 0 Å². The lowest BCUT2D eigenvalue weighted by Crippen LogP contribution is -2.38. The van der Waals surface area contributed by atoms with Crippen LogP contribution in [0.15, 0.2) is 24.3 Å². The number of hydrogen-bond donors (Lipinski definition) is 1. The monoisotopic (exact) mass is 248 g/mol. The van der Waals surface area contributed by atoms with Gasteiger partial charge in [-0.2, -0.15) is 0 Å². The molecule has 2 nitrogen and oxygen atoms in total. The first-order chi connectivity index (χ1) is 8.76. The molecule has 0 aromatic heterocycles. The quantitative estimate of drug-likeness (QED) is 0.864. The summed E-state index contributed by atoms with van der Waals surface area (Å²) in [6.45, 7) is 5.57. The molecule has 98 valence electrons. The molecule has 2 aliphatic heterocycles. The van der Waals surface area contributed by atoms with Crippen LogP contribution in [0.4, 0.5) is 4.39 Å². The molecule has 2 heterocycles. The molecule has 0 amide bonds. The molecule has 1 N–H and O–H groups in total. The van der Waals surface area contributed by atoms with Gasteiger partial charge in [0.25, 0.3) is 0 Å². The van der Waals surface area contributed by atoms with Gasteiger partial charge in [-0.05, 0) is 62.0 Å². The van der Waals surface area contributed by atoms with Crippen molar-refractivity contribution >= 4 is 0 Å². The Morgan fingerprint density at radius 3 is 2.83 bits per heavy atom. The van der Waals surface area contributed by atoms with Gasteiger partial charge in [-0.1, -0.05) is 12.1 Å². The summed E-state index contributed by atoms with van der Waals surface area (Å²) < 4.78 is 13.2. The zero-order valence-electron chi connectivity index (χ0n) is 10.8. The molecule has 0 unspecified atom stereocenters. The highest BCUT2D eigenvalue weighted by molar-refractivity contribution is 5.16. The average Bonchev–Trinajstić information content (AvgIpc) is 2.73. The molecule has 3 heteroatoms. The van der Waals surface area contributed by atoms with Crippen LogP contribution in [0.3, 0.4) is 0 Å². The molecular weight excluding hydrogens is 227 g/mol. The second kappa shape index (κ2) is 4.98. The molecule has 2 saturated heterocycles. The molecule has 0 radical (unpaired) electrons. The molecule has 1 spiro atoms. The normalized spacial score (nSPS) is 23.6. The fourth-order valence-electron chi connectivity index (χ4n) is 3.42. The molecule has 3 rings (SSSR count). The van der Waals surface area contributed by atoms with Crippen LogP contribution in [-0.2, 0) is 6.54 Å². The summed E-state index contributed by atoms with van der Waals surface area (Å²) in [5.41, 5.74) is 1.64. The smallest absolute Gasteiger partial charge is 0.123 e. The molecule has 1 aromatic carbocycles. The first kappa shape index (κ1) is 12.1. The van der Waals surface area contributed by atoms with Gasteiger partial charge in [0.15, 0.2) is 0 Å². The number of piperidine rings is 1. The van der Waals surface area contributed by atoms with Crippen LogP contribution in [0.1, 0.15) is 24.8 Å². The summed E-state index contributed by atoms with van der Waals surface area (Å²) in [4.78, 5) is 2.49. The molecule has 1 aromatic rings. The van der Waals surface area contributed by atoms with E-state index in [1.807, 2.05) is 6.07 Å². The van der Waals surface area contributed by atoms with E-state index in [0.29, 0.717) is 5.41 Å². The summed E-state index contributed by atoms with van der Waals surface area (Å²) in [5.74, 6) is -0.122. The third kappa shape index (κ3) is 2.57. The van der Waals surface area contributed by atoms with E-state index in [9.17, 15) is 4.39 Å². The summed E-state index contributed by atoms with van der Waals surface area (Å²) >= 11 is 0. The lowest BCUT2D eigenvalue weighted by Gasteiger charge is -2.33. The largest absolute Gasteiger partial charge is 0.317 e. The van der Waals surface area contributed by atoms with Crippen molar-refractivity contribution in [2.45, 2.75) is 25.8 Å². The Labute approximate surface area is 108 Å².